The first kappa shape index (κ1) is 17.6. The Bertz CT molecular complexity index is 1260. The van der Waals surface area contributed by atoms with Crippen LogP contribution in [0.25, 0.3) is 21.1 Å². The van der Waals surface area contributed by atoms with Crippen LogP contribution in [0.4, 0.5) is 5.13 Å². The molecule has 0 aliphatic heterocycles. The predicted molar refractivity (Wildman–Crippen MR) is 109 cm³/mol. The Hall–Kier alpha value is -2.77. The predicted octanol–water partition coefficient (Wildman–Crippen LogP) is 4.01. The molecule has 0 atom stereocenters. The maximum atomic E-state index is 12.7. The molecule has 1 N–H and O–H groups in total. The van der Waals surface area contributed by atoms with E-state index in [1.807, 2.05) is 12.1 Å². The van der Waals surface area contributed by atoms with Gasteiger partial charge in [-0.15, -0.1) is 0 Å². The molecule has 4 rings (SSSR count). The topological polar surface area (TPSA) is 76.9 Å². The zero-order valence-corrected chi connectivity index (χ0v) is 16.2. The average Bonchev–Trinajstić information content (AvgIpc) is 3.05. The van der Waals surface area contributed by atoms with Gasteiger partial charge in [-0.25, -0.2) is 4.98 Å². The van der Waals surface area contributed by atoms with Crippen molar-refractivity contribution in [3.05, 3.63) is 62.9 Å². The van der Waals surface area contributed by atoms with Crippen molar-refractivity contribution in [2.45, 2.75) is 13.3 Å². The summed E-state index contributed by atoms with van der Waals surface area (Å²) in [6.07, 6.45) is 0.926. The lowest BCUT2D eigenvalue weighted by molar-refractivity contribution is 0.101. The smallest absolute Gasteiger partial charge is 0.281 e. The Kier molecular flexibility index (Phi) is 4.41. The molecule has 0 fully saturated rings. The number of fused-ring (bicyclic) bond motifs is 2. The molecular weight excluding hydrogens is 384 g/mol. The van der Waals surface area contributed by atoms with Crippen LogP contribution in [0.1, 0.15) is 23.0 Å². The van der Waals surface area contributed by atoms with Crippen molar-refractivity contribution in [1.82, 2.24) is 14.8 Å². The summed E-state index contributed by atoms with van der Waals surface area (Å²) >= 11 is 7.36. The second-order valence-corrected chi connectivity index (χ2v) is 7.56. The molecule has 2 aromatic heterocycles. The van der Waals surface area contributed by atoms with Crippen LogP contribution in [0.5, 0.6) is 0 Å². The molecule has 0 aliphatic carbocycles. The van der Waals surface area contributed by atoms with E-state index in [4.69, 9.17) is 11.6 Å². The van der Waals surface area contributed by atoms with Gasteiger partial charge in [-0.3, -0.25) is 19.6 Å². The van der Waals surface area contributed by atoms with Gasteiger partial charge >= 0.3 is 0 Å². The molecule has 0 saturated heterocycles. The summed E-state index contributed by atoms with van der Waals surface area (Å²) in [7, 11) is 1.68. The van der Waals surface area contributed by atoms with Crippen molar-refractivity contribution in [3.63, 3.8) is 0 Å². The minimum atomic E-state index is -0.591. The number of aryl methyl sites for hydroxylation is 2. The van der Waals surface area contributed by atoms with Crippen LogP contribution in [-0.2, 0) is 13.5 Å². The molecule has 2 heterocycles. The fourth-order valence-corrected chi connectivity index (χ4v) is 3.99. The van der Waals surface area contributed by atoms with Crippen molar-refractivity contribution in [2.24, 2.45) is 7.05 Å². The maximum Gasteiger partial charge on any atom is 0.281 e. The Labute approximate surface area is 163 Å². The second kappa shape index (κ2) is 6.75. The molecule has 0 saturated carbocycles. The number of halogens is 1. The quantitative estimate of drug-likeness (QED) is 0.565. The zero-order chi connectivity index (χ0) is 19.1. The van der Waals surface area contributed by atoms with Gasteiger partial charge < -0.3 is 0 Å². The standard InChI is InChI=1S/C19H15ClN4O2S/c1-3-10-4-6-13-15(8-10)27-19(21-13)22-18(26)16-17(25)12-9-11(20)5-7-14(12)24(2)23-16/h4-9H,3H2,1-2H3,(H,21,22,26). The normalized spacial score (nSPS) is 11.2. The Balaban J connectivity index is 1.73. The number of rotatable bonds is 3. The summed E-state index contributed by atoms with van der Waals surface area (Å²) in [6.45, 7) is 2.08. The fraction of sp³-hybridized carbons (Fsp3) is 0.158. The number of hydrogen-bond acceptors (Lipinski definition) is 5. The number of hydrogen-bond donors (Lipinski definition) is 1. The number of anilines is 1. The Morgan fingerprint density at radius 1 is 1.26 bits per heavy atom. The van der Waals surface area contributed by atoms with E-state index < -0.39 is 11.3 Å². The second-order valence-electron chi connectivity index (χ2n) is 6.09. The Morgan fingerprint density at radius 2 is 2.07 bits per heavy atom. The van der Waals surface area contributed by atoms with Crippen molar-refractivity contribution < 1.29 is 4.79 Å². The largest absolute Gasteiger partial charge is 0.296 e. The van der Waals surface area contributed by atoms with Gasteiger partial charge in [0.25, 0.3) is 5.91 Å². The zero-order valence-electron chi connectivity index (χ0n) is 14.6. The molecule has 0 bridgehead atoms. The molecular formula is C19H15ClN4O2S. The summed E-state index contributed by atoms with van der Waals surface area (Å²) in [5, 5.41) is 8.03. The van der Waals surface area contributed by atoms with E-state index in [0.29, 0.717) is 21.1 Å². The van der Waals surface area contributed by atoms with Gasteiger partial charge in [0, 0.05) is 12.1 Å². The molecule has 2 aromatic carbocycles. The van der Waals surface area contributed by atoms with Crippen molar-refractivity contribution in [3.8, 4) is 0 Å². The highest BCUT2D eigenvalue weighted by atomic mass is 35.5. The van der Waals surface area contributed by atoms with Crippen LogP contribution in [0.3, 0.4) is 0 Å². The van der Waals surface area contributed by atoms with E-state index in [-0.39, 0.29) is 5.69 Å². The van der Waals surface area contributed by atoms with E-state index in [1.165, 1.54) is 21.6 Å². The van der Waals surface area contributed by atoms with Crippen LogP contribution in [-0.4, -0.2) is 20.7 Å². The van der Waals surface area contributed by atoms with Crippen LogP contribution in [0.15, 0.2) is 41.2 Å². The molecule has 1 amide bonds. The number of aromatic nitrogens is 3. The van der Waals surface area contributed by atoms with Gasteiger partial charge in [0.05, 0.1) is 21.1 Å². The van der Waals surface area contributed by atoms with E-state index in [1.54, 1.807) is 25.2 Å². The van der Waals surface area contributed by atoms with Crippen LogP contribution in [0, 0.1) is 0 Å². The van der Waals surface area contributed by atoms with E-state index in [9.17, 15) is 9.59 Å². The monoisotopic (exact) mass is 398 g/mol. The number of carbonyl (C=O) groups excluding carboxylic acids is 1. The highest BCUT2D eigenvalue weighted by molar-refractivity contribution is 7.22. The number of carbonyl (C=O) groups is 1. The molecule has 0 radical (unpaired) electrons. The lowest BCUT2D eigenvalue weighted by atomic mass is 10.2. The molecule has 8 heteroatoms. The lowest BCUT2D eigenvalue weighted by Gasteiger charge is -2.07. The van der Waals surface area contributed by atoms with Crippen LogP contribution in [0.2, 0.25) is 5.02 Å². The van der Waals surface area contributed by atoms with Crippen molar-refractivity contribution >= 4 is 55.1 Å². The third-order valence-corrected chi connectivity index (χ3v) is 5.48. The van der Waals surface area contributed by atoms with Gasteiger partial charge in [-0.1, -0.05) is 35.9 Å². The molecule has 136 valence electrons. The van der Waals surface area contributed by atoms with E-state index in [0.717, 1.165) is 16.6 Å². The third-order valence-electron chi connectivity index (χ3n) is 4.31. The minimum Gasteiger partial charge on any atom is -0.296 e. The average molecular weight is 399 g/mol. The first-order chi connectivity index (χ1) is 13.0. The van der Waals surface area contributed by atoms with Gasteiger partial charge in [-0.2, -0.15) is 5.10 Å². The Morgan fingerprint density at radius 3 is 2.85 bits per heavy atom. The van der Waals surface area contributed by atoms with E-state index >= 15 is 0 Å². The first-order valence-electron chi connectivity index (χ1n) is 8.33. The summed E-state index contributed by atoms with van der Waals surface area (Å²) in [5.74, 6) is -0.591. The van der Waals surface area contributed by atoms with Gasteiger partial charge in [0.2, 0.25) is 5.43 Å². The molecule has 6 nitrogen and oxygen atoms in total. The number of nitrogens with zero attached hydrogens (tertiary/aromatic N) is 3. The first-order valence-corrected chi connectivity index (χ1v) is 9.53. The molecule has 0 unspecified atom stereocenters. The van der Waals surface area contributed by atoms with Gasteiger partial charge in [0.1, 0.15) is 0 Å². The molecule has 4 aromatic rings. The van der Waals surface area contributed by atoms with Gasteiger partial charge in [0.15, 0.2) is 10.8 Å². The minimum absolute atomic E-state index is 0.194. The molecule has 0 aliphatic rings. The third kappa shape index (κ3) is 3.20. The molecule has 0 spiro atoms. The number of thiazole rings is 1. The van der Waals surface area contributed by atoms with Crippen molar-refractivity contribution in [2.75, 3.05) is 5.32 Å². The summed E-state index contributed by atoms with van der Waals surface area (Å²) in [6, 6.07) is 10.9. The van der Waals surface area contributed by atoms with Crippen LogP contribution < -0.4 is 10.7 Å². The highest BCUT2D eigenvalue weighted by Gasteiger charge is 2.18. The molecule has 27 heavy (non-hydrogen) atoms. The van der Waals surface area contributed by atoms with E-state index in [2.05, 4.69) is 28.4 Å². The van der Waals surface area contributed by atoms with Crippen molar-refractivity contribution in [1.29, 1.82) is 0 Å². The van der Waals surface area contributed by atoms with Crippen LogP contribution >= 0.6 is 22.9 Å². The SMILES string of the molecule is CCc1ccc2nc(NC(=O)c3nn(C)c4ccc(Cl)cc4c3=O)sc2c1. The number of benzene rings is 2. The summed E-state index contributed by atoms with van der Waals surface area (Å²) < 4.78 is 2.48. The fourth-order valence-electron chi connectivity index (χ4n) is 2.90. The van der Waals surface area contributed by atoms with Gasteiger partial charge in [-0.05, 0) is 42.3 Å². The number of nitrogens with one attached hydrogen (secondary N) is 1. The summed E-state index contributed by atoms with van der Waals surface area (Å²) in [5.41, 5.74) is 1.95. The maximum absolute atomic E-state index is 12.7. The number of amides is 1. The summed E-state index contributed by atoms with van der Waals surface area (Å²) in [4.78, 5) is 29.8. The highest BCUT2D eigenvalue weighted by Crippen LogP contribution is 2.27. The lowest BCUT2D eigenvalue weighted by Crippen LogP contribution is -2.26.